The summed E-state index contributed by atoms with van der Waals surface area (Å²) in [6.45, 7) is 12.9. The van der Waals surface area contributed by atoms with Crippen LogP contribution in [0.3, 0.4) is 0 Å². The molecule has 1 aliphatic rings. The number of rotatable bonds is 8. The molecule has 1 aliphatic carbocycles. The van der Waals surface area contributed by atoms with Crippen molar-refractivity contribution >= 4 is 11.9 Å². The Balaban J connectivity index is 3.19. The minimum absolute atomic E-state index is 0.358. The van der Waals surface area contributed by atoms with Gasteiger partial charge in [-0.25, -0.2) is 9.59 Å². The Bertz CT molecular complexity index is 442. The smallest absolute Gasteiger partial charge is 0.335 e. The number of hydrogen-bond donors (Lipinski definition) is 0. The molecule has 0 unspecified atom stereocenters. The highest BCUT2D eigenvalue weighted by molar-refractivity contribution is 6.02. The molecule has 24 heavy (non-hydrogen) atoms. The van der Waals surface area contributed by atoms with Gasteiger partial charge in [-0.1, -0.05) is 54.4 Å². The van der Waals surface area contributed by atoms with Crippen molar-refractivity contribution in [3.05, 3.63) is 11.1 Å². The number of hydrogen-bond acceptors (Lipinski definition) is 4. The number of unbranched alkanes of at least 4 members (excludes halogenated alkanes) is 2. The summed E-state index contributed by atoms with van der Waals surface area (Å²) in [5, 5.41) is 0. The quantitative estimate of drug-likeness (QED) is 0.470. The molecule has 0 aromatic rings. The summed E-state index contributed by atoms with van der Waals surface area (Å²) in [7, 11) is 0. The Morgan fingerprint density at radius 3 is 1.42 bits per heavy atom. The van der Waals surface area contributed by atoms with Crippen LogP contribution in [0.4, 0.5) is 0 Å². The van der Waals surface area contributed by atoms with Gasteiger partial charge >= 0.3 is 11.9 Å². The van der Waals surface area contributed by atoms with E-state index < -0.39 is 0 Å². The van der Waals surface area contributed by atoms with Crippen molar-refractivity contribution in [1.82, 2.24) is 0 Å². The molecule has 0 aliphatic heterocycles. The summed E-state index contributed by atoms with van der Waals surface area (Å²) in [6.07, 6.45) is 5.30. The van der Waals surface area contributed by atoms with Gasteiger partial charge in [-0.2, -0.15) is 0 Å². The minimum atomic E-state index is -0.377. The molecule has 0 heterocycles. The van der Waals surface area contributed by atoms with Gasteiger partial charge in [0, 0.05) is 0 Å². The third-order valence-electron chi connectivity index (χ3n) is 4.85. The fourth-order valence-electron chi connectivity index (χ4n) is 3.07. The second-order valence-corrected chi connectivity index (χ2v) is 8.00. The van der Waals surface area contributed by atoms with Crippen LogP contribution in [0, 0.1) is 10.8 Å². The van der Waals surface area contributed by atoms with E-state index in [4.69, 9.17) is 9.47 Å². The Labute approximate surface area is 147 Å². The number of ether oxygens (including phenoxy) is 2. The van der Waals surface area contributed by atoms with Crippen LogP contribution in [-0.2, 0) is 19.1 Å². The Hall–Kier alpha value is -1.32. The maximum absolute atomic E-state index is 12.7. The lowest BCUT2D eigenvalue weighted by Gasteiger charge is -2.41. The summed E-state index contributed by atoms with van der Waals surface area (Å²) in [5.74, 6) is -0.715. The van der Waals surface area contributed by atoms with Crippen LogP contribution in [-0.4, -0.2) is 25.2 Å². The Morgan fingerprint density at radius 1 is 0.792 bits per heavy atom. The molecule has 4 heteroatoms. The van der Waals surface area contributed by atoms with Crippen molar-refractivity contribution in [1.29, 1.82) is 0 Å². The second kappa shape index (κ2) is 8.68. The highest BCUT2D eigenvalue weighted by atomic mass is 16.5. The maximum Gasteiger partial charge on any atom is 0.335 e. The first kappa shape index (κ1) is 20.7. The lowest BCUT2D eigenvalue weighted by molar-refractivity contribution is -0.145. The van der Waals surface area contributed by atoms with Crippen LogP contribution in [0.1, 0.15) is 80.1 Å². The Morgan fingerprint density at radius 2 is 1.12 bits per heavy atom. The average Bonchev–Trinajstić information content (AvgIpc) is 2.49. The van der Waals surface area contributed by atoms with E-state index in [1.54, 1.807) is 0 Å². The van der Waals surface area contributed by atoms with Crippen molar-refractivity contribution in [3.63, 3.8) is 0 Å². The fourth-order valence-corrected chi connectivity index (χ4v) is 3.07. The van der Waals surface area contributed by atoms with Gasteiger partial charge < -0.3 is 9.47 Å². The summed E-state index contributed by atoms with van der Waals surface area (Å²) in [5.41, 5.74) is 0.267. The molecule has 0 bridgehead atoms. The molecule has 0 radical (unpaired) electrons. The normalized spacial score (nSPS) is 19.1. The molecule has 0 aromatic heterocycles. The highest BCUT2D eigenvalue weighted by Gasteiger charge is 2.46. The van der Waals surface area contributed by atoms with E-state index in [9.17, 15) is 9.59 Å². The van der Waals surface area contributed by atoms with E-state index in [1.165, 1.54) is 0 Å². The van der Waals surface area contributed by atoms with Gasteiger partial charge in [0.05, 0.1) is 24.4 Å². The molecule has 0 fully saturated rings. The van der Waals surface area contributed by atoms with Crippen molar-refractivity contribution in [2.24, 2.45) is 10.8 Å². The maximum atomic E-state index is 12.7. The van der Waals surface area contributed by atoms with Crippen LogP contribution in [0.25, 0.3) is 0 Å². The zero-order valence-electron chi connectivity index (χ0n) is 16.3. The van der Waals surface area contributed by atoms with E-state index in [2.05, 4.69) is 13.8 Å². The first-order valence-corrected chi connectivity index (χ1v) is 9.27. The van der Waals surface area contributed by atoms with E-state index in [1.807, 2.05) is 27.7 Å². The summed E-state index contributed by atoms with van der Waals surface area (Å²) >= 11 is 0. The molecule has 0 saturated carbocycles. The van der Waals surface area contributed by atoms with Gasteiger partial charge in [0.1, 0.15) is 0 Å². The van der Waals surface area contributed by atoms with Crippen LogP contribution >= 0.6 is 0 Å². The lowest BCUT2D eigenvalue weighted by Crippen LogP contribution is -2.38. The molecule has 0 atom stereocenters. The number of carbonyl (C=O) groups is 2. The predicted molar refractivity (Wildman–Crippen MR) is 95.6 cm³/mol. The van der Waals surface area contributed by atoms with Gasteiger partial charge in [0.15, 0.2) is 0 Å². The van der Waals surface area contributed by atoms with E-state index in [-0.39, 0.29) is 22.8 Å². The molecule has 0 amide bonds. The predicted octanol–water partition coefficient (Wildman–Crippen LogP) is 4.82. The minimum Gasteiger partial charge on any atom is -0.462 e. The van der Waals surface area contributed by atoms with Crippen molar-refractivity contribution < 1.29 is 19.1 Å². The molecule has 138 valence electrons. The molecular weight excluding hydrogens is 304 g/mol. The van der Waals surface area contributed by atoms with Crippen molar-refractivity contribution in [3.8, 4) is 0 Å². The van der Waals surface area contributed by atoms with Crippen molar-refractivity contribution in [2.75, 3.05) is 13.2 Å². The Kier molecular flexibility index (Phi) is 7.50. The van der Waals surface area contributed by atoms with Gasteiger partial charge in [-0.05, 0) is 36.5 Å². The van der Waals surface area contributed by atoms with E-state index in [0.29, 0.717) is 24.4 Å². The number of esters is 2. The third-order valence-corrected chi connectivity index (χ3v) is 4.85. The highest BCUT2D eigenvalue weighted by Crippen LogP contribution is 2.49. The van der Waals surface area contributed by atoms with Gasteiger partial charge in [-0.15, -0.1) is 0 Å². The molecular formula is C20H34O4. The van der Waals surface area contributed by atoms with Gasteiger partial charge in [0.25, 0.3) is 0 Å². The number of carbonyl (C=O) groups excluding carboxylic acids is 2. The zero-order valence-corrected chi connectivity index (χ0v) is 16.3. The van der Waals surface area contributed by atoms with Crippen LogP contribution < -0.4 is 0 Å². The van der Waals surface area contributed by atoms with Crippen LogP contribution in [0.15, 0.2) is 11.1 Å². The first-order chi connectivity index (χ1) is 11.2. The van der Waals surface area contributed by atoms with Crippen LogP contribution in [0.2, 0.25) is 0 Å². The molecule has 0 spiro atoms. The summed E-state index contributed by atoms with van der Waals surface area (Å²) in [4.78, 5) is 25.5. The molecule has 0 N–H and O–H groups in total. The molecule has 1 rings (SSSR count). The topological polar surface area (TPSA) is 52.6 Å². The summed E-state index contributed by atoms with van der Waals surface area (Å²) < 4.78 is 10.9. The standard InChI is InChI=1S/C20H34O4/c1-7-9-13-23-17(21)15-16(18(22)24-14-10-8-2)20(5,6)12-11-19(15,3)4/h7-14H2,1-6H3. The van der Waals surface area contributed by atoms with Gasteiger partial charge in [0.2, 0.25) is 0 Å². The summed E-state index contributed by atoms with van der Waals surface area (Å²) in [6, 6.07) is 0. The van der Waals surface area contributed by atoms with Crippen LogP contribution in [0.5, 0.6) is 0 Å². The SMILES string of the molecule is CCCCOC(=O)C1=C(C(=O)OCCCC)C(C)(C)CCC1(C)C. The monoisotopic (exact) mass is 338 g/mol. The second-order valence-electron chi connectivity index (χ2n) is 8.00. The lowest BCUT2D eigenvalue weighted by atomic mass is 9.63. The largest absolute Gasteiger partial charge is 0.462 e. The van der Waals surface area contributed by atoms with E-state index in [0.717, 1.165) is 38.5 Å². The fraction of sp³-hybridized carbons (Fsp3) is 0.800. The molecule has 4 nitrogen and oxygen atoms in total. The van der Waals surface area contributed by atoms with Crippen molar-refractivity contribution in [2.45, 2.75) is 80.1 Å². The van der Waals surface area contributed by atoms with E-state index >= 15 is 0 Å². The third kappa shape index (κ3) is 5.09. The molecule has 0 saturated heterocycles. The zero-order chi connectivity index (χ0) is 18.4. The average molecular weight is 338 g/mol. The van der Waals surface area contributed by atoms with Gasteiger partial charge in [-0.3, -0.25) is 0 Å². The first-order valence-electron chi connectivity index (χ1n) is 9.27. The molecule has 0 aromatic carbocycles.